The first-order valence-electron chi connectivity index (χ1n) is 5.23. The van der Waals surface area contributed by atoms with E-state index in [1.807, 2.05) is 0 Å². The Morgan fingerprint density at radius 2 is 1.83 bits per heavy atom. The Morgan fingerprint density at radius 1 is 1.39 bits per heavy atom. The maximum absolute atomic E-state index is 11.7. The van der Waals surface area contributed by atoms with Gasteiger partial charge in [-0.05, 0) is 63.4 Å². The van der Waals surface area contributed by atoms with E-state index in [0.717, 1.165) is 5.56 Å². The van der Waals surface area contributed by atoms with Gasteiger partial charge in [-0.25, -0.2) is 0 Å². The molecule has 1 rings (SSSR count). The number of methoxy groups -OCH3 is 1. The lowest BCUT2D eigenvalue weighted by atomic mass is 9.81. The van der Waals surface area contributed by atoms with Crippen molar-refractivity contribution in [1.29, 1.82) is 0 Å². The minimum Gasteiger partial charge on any atom is -0.506 e. The number of phenolic OH excluding ortho intramolecular Hbond substituents is 1. The summed E-state index contributed by atoms with van der Waals surface area (Å²) in [5.74, 6) is -0.280. The third kappa shape index (κ3) is 2.87. The average Bonchev–Trinajstić information content (AvgIpc) is 2.33. The van der Waals surface area contributed by atoms with Gasteiger partial charge in [-0.3, -0.25) is 4.79 Å². The average molecular weight is 381 g/mol. The van der Waals surface area contributed by atoms with E-state index < -0.39 is 11.5 Å². The Hall–Kier alpha value is -0.590. The molecule has 0 radical (unpaired) electrons. The highest BCUT2D eigenvalue weighted by Crippen LogP contribution is 2.39. The maximum atomic E-state index is 11.7. The monoisotopic (exact) mass is 379 g/mol. The van der Waals surface area contributed by atoms with E-state index in [9.17, 15) is 9.90 Å². The smallest absolute Gasteiger partial charge is 0.313 e. The van der Waals surface area contributed by atoms with E-state index >= 15 is 0 Å². The third-order valence-electron chi connectivity index (χ3n) is 2.89. The molecule has 100 valence electrons. The molecule has 0 saturated heterocycles. The molecular formula is C12H15Br2NO3. The van der Waals surface area contributed by atoms with Crippen LogP contribution >= 0.6 is 31.9 Å². The molecule has 0 aliphatic heterocycles. The first-order valence-corrected chi connectivity index (χ1v) is 6.82. The summed E-state index contributed by atoms with van der Waals surface area (Å²) in [6, 6.07) is 2.84. The molecule has 0 aromatic heterocycles. The highest BCUT2D eigenvalue weighted by molar-refractivity contribution is 9.11. The van der Waals surface area contributed by atoms with E-state index in [-0.39, 0.29) is 11.7 Å². The van der Waals surface area contributed by atoms with Gasteiger partial charge in [0.15, 0.2) is 0 Å². The van der Waals surface area contributed by atoms with Crippen LogP contribution in [0, 0.1) is 5.41 Å². The second-order valence-electron chi connectivity index (χ2n) is 4.52. The van der Waals surface area contributed by atoms with Gasteiger partial charge >= 0.3 is 5.97 Å². The summed E-state index contributed by atoms with van der Waals surface area (Å²) in [7, 11) is 1.33. The van der Waals surface area contributed by atoms with Crippen molar-refractivity contribution >= 4 is 37.8 Å². The van der Waals surface area contributed by atoms with E-state index in [0.29, 0.717) is 8.95 Å². The predicted octanol–water partition coefficient (Wildman–Crippen LogP) is 3.12. The molecule has 1 atom stereocenters. The second-order valence-corrected chi connectivity index (χ2v) is 6.23. The molecule has 0 fully saturated rings. The van der Waals surface area contributed by atoms with Crippen molar-refractivity contribution in [3.63, 3.8) is 0 Å². The summed E-state index contributed by atoms with van der Waals surface area (Å²) < 4.78 is 5.78. The summed E-state index contributed by atoms with van der Waals surface area (Å²) in [5.41, 5.74) is 5.98. The minimum atomic E-state index is -0.857. The molecule has 0 aliphatic rings. The maximum Gasteiger partial charge on any atom is 0.313 e. The molecule has 4 nitrogen and oxygen atoms in total. The molecule has 6 heteroatoms. The molecular weight excluding hydrogens is 366 g/mol. The highest BCUT2D eigenvalue weighted by Gasteiger charge is 2.37. The van der Waals surface area contributed by atoms with Crippen LogP contribution in [0.3, 0.4) is 0 Å². The summed E-state index contributed by atoms with van der Waals surface area (Å²) in [4.78, 5) is 11.7. The Bertz CT molecular complexity index is 451. The molecule has 1 aromatic rings. The van der Waals surface area contributed by atoms with Gasteiger partial charge in [-0.2, -0.15) is 0 Å². The lowest BCUT2D eigenvalue weighted by Gasteiger charge is -2.29. The SMILES string of the molecule is COC(=O)C(C)(C)[C@@H](N)c1cc(Br)c(O)c(Br)c1. The van der Waals surface area contributed by atoms with Crippen LogP contribution in [-0.4, -0.2) is 18.2 Å². The Balaban J connectivity index is 3.19. The van der Waals surface area contributed by atoms with Crippen molar-refractivity contribution in [2.24, 2.45) is 11.1 Å². The molecule has 0 heterocycles. The van der Waals surface area contributed by atoms with Crippen molar-refractivity contribution in [3.8, 4) is 5.75 Å². The fourth-order valence-corrected chi connectivity index (χ4v) is 2.79. The lowest BCUT2D eigenvalue weighted by Crippen LogP contribution is -2.37. The van der Waals surface area contributed by atoms with Crippen LogP contribution in [0.4, 0.5) is 0 Å². The number of carbonyl (C=O) groups is 1. The number of hydrogen-bond acceptors (Lipinski definition) is 4. The highest BCUT2D eigenvalue weighted by atomic mass is 79.9. The number of ether oxygens (including phenoxy) is 1. The van der Waals surface area contributed by atoms with Gasteiger partial charge in [0, 0.05) is 6.04 Å². The molecule has 0 amide bonds. The first-order chi connectivity index (χ1) is 8.21. The van der Waals surface area contributed by atoms with Crippen LogP contribution in [0.1, 0.15) is 25.5 Å². The summed E-state index contributed by atoms with van der Waals surface area (Å²) in [5, 5.41) is 9.64. The van der Waals surface area contributed by atoms with Gasteiger partial charge in [-0.15, -0.1) is 0 Å². The number of aromatic hydroxyl groups is 1. The van der Waals surface area contributed by atoms with Gasteiger partial charge in [-0.1, -0.05) is 0 Å². The number of phenols is 1. The second kappa shape index (κ2) is 5.59. The summed E-state index contributed by atoms with van der Waals surface area (Å²) in [6.07, 6.45) is 0. The summed E-state index contributed by atoms with van der Waals surface area (Å²) in [6.45, 7) is 3.44. The van der Waals surface area contributed by atoms with Gasteiger partial charge < -0.3 is 15.6 Å². The first kappa shape index (κ1) is 15.5. The Kier molecular flexibility index (Phi) is 4.80. The van der Waals surface area contributed by atoms with Crippen LogP contribution in [-0.2, 0) is 9.53 Å². The number of hydrogen-bond donors (Lipinski definition) is 2. The molecule has 0 saturated carbocycles. The molecule has 0 unspecified atom stereocenters. The summed E-state index contributed by atoms with van der Waals surface area (Å²) >= 11 is 6.47. The van der Waals surface area contributed by atoms with E-state index in [2.05, 4.69) is 31.9 Å². The standard InChI is InChI=1S/C12H15Br2NO3/c1-12(2,11(17)18-3)10(15)6-4-7(13)9(16)8(14)5-6/h4-5,10,16H,15H2,1-3H3/t10-/m0/s1. The third-order valence-corrected chi connectivity index (χ3v) is 4.10. The largest absolute Gasteiger partial charge is 0.506 e. The Morgan fingerprint density at radius 3 is 2.22 bits per heavy atom. The molecule has 1 aromatic carbocycles. The number of carbonyl (C=O) groups excluding carboxylic acids is 1. The molecule has 3 N–H and O–H groups in total. The Labute approximate surface area is 123 Å². The zero-order chi connectivity index (χ0) is 14.1. The van der Waals surface area contributed by atoms with Crippen molar-refractivity contribution in [3.05, 3.63) is 26.6 Å². The van der Waals surface area contributed by atoms with Crippen LogP contribution < -0.4 is 5.73 Å². The van der Waals surface area contributed by atoms with Crippen LogP contribution in [0.25, 0.3) is 0 Å². The minimum absolute atomic E-state index is 0.0989. The molecule has 0 bridgehead atoms. The van der Waals surface area contributed by atoms with E-state index in [1.54, 1.807) is 26.0 Å². The van der Waals surface area contributed by atoms with Gasteiger partial charge in [0.1, 0.15) is 5.75 Å². The zero-order valence-corrected chi connectivity index (χ0v) is 13.5. The fraction of sp³-hybridized carbons (Fsp3) is 0.417. The zero-order valence-electron chi connectivity index (χ0n) is 10.3. The number of esters is 1. The van der Waals surface area contributed by atoms with E-state index in [1.165, 1.54) is 7.11 Å². The number of benzene rings is 1. The van der Waals surface area contributed by atoms with E-state index in [4.69, 9.17) is 10.5 Å². The molecule has 18 heavy (non-hydrogen) atoms. The molecule has 0 spiro atoms. The van der Waals surface area contributed by atoms with Gasteiger partial charge in [0.25, 0.3) is 0 Å². The van der Waals surface area contributed by atoms with Crippen molar-refractivity contribution in [1.82, 2.24) is 0 Å². The van der Waals surface area contributed by atoms with Crippen molar-refractivity contribution in [2.75, 3.05) is 7.11 Å². The quantitative estimate of drug-likeness (QED) is 0.790. The van der Waals surface area contributed by atoms with Crippen molar-refractivity contribution < 1.29 is 14.6 Å². The molecule has 0 aliphatic carbocycles. The van der Waals surface area contributed by atoms with Crippen LogP contribution in [0.5, 0.6) is 5.75 Å². The fourth-order valence-electron chi connectivity index (χ4n) is 1.57. The van der Waals surface area contributed by atoms with Crippen LogP contribution in [0.15, 0.2) is 21.1 Å². The lowest BCUT2D eigenvalue weighted by molar-refractivity contribution is -0.152. The number of halogens is 2. The van der Waals surface area contributed by atoms with Gasteiger partial charge in [0.2, 0.25) is 0 Å². The number of nitrogens with two attached hydrogens (primary N) is 1. The predicted molar refractivity (Wildman–Crippen MR) is 76.2 cm³/mol. The number of rotatable bonds is 3. The van der Waals surface area contributed by atoms with Gasteiger partial charge in [0.05, 0.1) is 21.5 Å². The topological polar surface area (TPSA) is 72.5 Å². The van der Waals surface area contributed by atoms with Crippen molar-refractivity contribution in [2.45, 2.75) is 19.9 Å². The normalized spacial score (nSPS) is 13.2. The van der Waals surface area contributed by atoms with Crippen LogP contribution in [0.2, 0.25) is 0 Å².